The third kappa shape index (κ3) is 5.96. The van der Waals surface area contributed by atoms with E-state index in [9.17, 15) is 0 Å². The summed E-state index contributed by atoms with van der Waals surface area (Å²) < 4.78 is 11.6. The Hall–Kier alpha value is -2.16. The number of fused-ring (bicyclic) bond motifs is 1. The van der Waals surface area contributed by atoms with Gasteiger partial charge in [0.1, 0.15) is 17.6 Å². The molecule has 0 bridgehead atoms. The summed E-state index contributed by atoms with van der Waals surface area (Å²) in [6.45, 7) is 6.54. The van der Waals surface area contributed by atoms with Crippen molar-refractivity contribution in [3.8, 4) is 11.5 Å². The van der Waals surface area contributed by atoms with Crippen LogP contribution in [0, 0.1) is 5.92 Å². The third-order valence-corrected chi connectivity index (χ3v) is 5.77. The average molecular weight is 536 g/mol. The van der Waals surface area contributed by atoms with Crippen molar-refractivity contribution in [1.29, 1.82) is 0 Å². The van der Waals surface area contributed by atoms with Crippen LogP contribution in [0.1, 0.15) is 18.9 Å². The van der Waals surface area contributed by atoms with Gasteiger partial charge in [0.05, 0.1) is 19.3 Å². The first-order valence-electron chi connectivity index (χ1n) is 10.9. The monoisotopic (exact) mass is 536 g/mol. The molecular formula is C24H33IN4O2. The minimum Gasteiger partial charge on any atom is -0.495 e. The van der Waals surface area contributed by atoms with E-state index >= 15 is 0 Å². The molecule has 6 nitrogen and oxygen atoms in total. The highest BCUT2D eigenvalue weighted by molar-refractivity contribution is 14.0. The lowest BCUT2D eigenvalue weighted by molar-refractivity contribution is 0.235. The van der Waals surface area contributed by atoms with Crippen LogP contribution >= 0.6 is 24.0 Å². The molecule has 4 rings (SSSR count). The number of hydrogen-bond donors (Lipinski definition) is 2. The van der Waals surface area contributed by atoms with E-state index in [1.807, 2.05) is 24.3 Å². The van der Waals surface area contributed by atoms with Crippen LogP contribution in [0.5, 0.6) is 11.5 Å². The summed E-state index contributed by atoms with van der Waals surface area (Å²) in [5.41, 5.74) is 2.46. The summed E-state index contributed by atoms with van der Waals surface area (Å²) in [4.78, 5) is 7.26. The lowest BCUT2D eigenvalue weighted by Gasteiger charge is -2.21. The van der Waals surface area contributed by atoms with Gasteiger partial charge in [0.25, 0.3) is 0 Å². The number of halogens is 1. The Balaban J connectivity index is 0.00000272. The highest BCUT2D eigenvalue weighted by Crippen LogP contribution is 2.32. The molecule has 7 heteroatoms. The van der Waals surface area contributed by atoms with E-state index in [4.69, 9.17) is 14.5 Å². The molecule has 0 aliphatic carbocycles. The molecule has 1 saturated heterocycles. The lowest BCUT2D eigenvalue weighted by Crippen LogP contribution is -2.42. The standard InChI is InChI=1S/C24H32N4O2.HI/c1-3-25-24(27-16-20-14-19-8-4-6-10-22(19)30-20)26-15-18-12-13-28(17-18)21-9-5-7-11-23(21)29-2;/h4-11,18,20H,3,12-17H2,1-2H3,(H2,25,26,27);1H. The molecule has 168 valence electrons. The molecule has 2 aromatic rings. The Morgan fingerprint density at radius 2 is 1.97 bits per heavy atom. The zero-order valence-electron chi connectivity index (χ0n) is 18.3. The largest absolute Gasteiger partial charge is 0.495 e. The van der Waals surface area contributed by atoms with Crippen molar-refractivity contribution in [2.24, 2.45) is 10.9 Å². The van der Waals surface area contributed by atoms with Crippen LogP contribution < -0.4 is 25.0 Å². The summed E-state index contributed by atoms with van der Waals surface area (Å²) in [6.07, 6.45) is 2.24. The molecule has 2 heterocycles. The Bertz CT molecular complexity index is 851. The maximum Gasteiger partial charge on any atom is 0.191 e. The van der Waals surface area contributed by atoms with Gasteiger partial charge in [-0.05, 0) is 43.0 Å². The van der Waals surface area contributed by atoms with E-state index in [0.717, 1.165) is 63.0 Å². The maximum absolute atomic E-state index is 6.03. The fourth-order valence-corrected chi connectivity index (χ4v) is 4.23. The second kappa shape index (κ2) is 11.5. The predicted molar refractivity (Wildman–Crippen MR) is 137 cm³/mol. The fraction of sp³-hybridized carbons (Fsp3) is 0.458. The zero-order valence-corrected chi connectivity index (χ0v) is 20.7. The van der Waals surface area contributed by atoms with Crippen LogP contribution in [0.3, 0.4) is 0 Å². The highest BCUT2D eigenvalue weighted by atomic mass is 127. The summed E-state index contributed by atoms with van der Waals surface area (Å²) in [5, 5.41) is 6.83. The van der Waals surface area contributed by atoms with Crippen LogP contribution in [0.25, 0.3) is 0 Å². The molecule has 2 atom stereocenters. The molecule has 0 saturated carbocycles. The molecule has 0 amide bonds. The predicted octanol–water partition coefficient (Wildman–Crippen LogP) is 3.70. The lowest BCUT2D eigenvalue weighted by atomic mass is 10.1. The number of methoxy groups -OCH3 is 1. The van der Waals surface area contributed by atoms with Crippen LogP contribution in [0.15, 0.2) is 53.5 Å². The van der Waals surface area contributed by atoms with Gasteiger partial charge >= 0.3 is 0 Å². The molecule has 0 aromatic heterocycles. The van der Waals surface area contributed by atoms with Crippen LogP contribution in [-0.2, 0) is 6.42 Å². The van der Waals surface area contributed by atoms with Gasteiger partial charge < -0.3 is 25.0 Å². The van der Waals surface area contributed by atoms with E-state index in [1.165, 1.54) is 11.3 Å². The van der Waals surface area contributed by atoms with Crippen LogP contribution in [0.4, 0.5) is 5.69 Å². The topological polar surface area (TPSA) is 58.1 Å². The van der Waals surface area contributed by atoms with Gasteiger partial charge in [-0.1, -0.05) is 30.3 Å². The molecule has 0 spiro atoms. The molecule has 2 N–H and O–H groups in total. The average Bonchev–Trinajstić information content (AvgIpc) is 3.42. The third-order valence-electron chi connectivity index (χ3n) is 5.77. The van der Waals surface area contributed by atoms with Gasteiger partial charge in [0.15, 0.2) is 5.96 Å². The second-order valence-corrected chi connectivity index (χ2v) is 7.92. The number of hydrogen-bond acceptors (Lipinski definition) is 4. The van der Waals surface area contributed by atoms with Crippen molar-refractivity contribution in [1.82, 2.24) is 10.6 Å². The van der Waals surface area contributed by atoms with Gasteiger partial charge in [-0.3, -0.25) is 4.99 Å². The van der Waals surface area contributed by atoms with Gasteiger partial charge in [-0.15, -0.1) is 24.0 Å². The number of ether oxygens (including phenoxy) is 2. The summed E-state index contributed by atoms with van der Waals surface area (Å²) >= 11 is 0. The van der Waals surface area contributed by atoms with Crippen molar-refractivity contribution < 1.29 is 9.47 Å². The molecule has 2 aliphatic rings. The van der Waals surface area contributed by atoms with E-state index < -0.39 is 0 Å². The van der Waals surface area contributed by atoms with Gasteiger partial charge in [-0.2, -0.15) is 0 Å². The number of rotatable bonds is 7. The number of para-hydroxylation sites is 3. The molecule has 31 heavy (non-hydrogen) atoms. The minimum atomic E-state index is 0. The van der Waals surface area contributed by atoms with E-state index in [0.29, 0.717) is 5.92 Å². The first kappa shape index (κ1) is 23.5. The number of nitrogens with one attached hydrogen (secondary N) is 2. The molecular weight excluding hydrogens is 503 g/mol. The first-order chi connectivity index (χ1) is 14.8. The molecule has 1 fully saturated rings. The number of aliphatic imine (C=N–C) groups is 1. The van der Waals surface area contributed by atoms with Gasteiger partial charge in [-0.25, -0.2) is 0 Å². The Labute approximate surface area is 202 Å². The van der Waals surface area contributed by atoms with E-state index in [1.54, 1.807) is 7.11 Å². The highest BCUT2D eigenvalue weighted by Gasteiger charge is 2.25. The van der Waals surface area contributed by atoms with Gasteiger partial charge in [0, 0.05) is 32.6 Å². The SMILES string of the molecule is CCNC(=NCC1CCN(c2ccccc2OC)C1)NCC1Cc2ccccc2O1.I. The van der Waals surface area contributed by atoms with Crippen LogP contribution in [0.2, 0.25) is 0 Å². The Kier molecular flexibility index (Phi) is 8.69. The molecule has 2 aromatic carbocycles. The van der Waals surface area contributed by atoms with Gasteiger partial charge in [0.2, 0.25) is 0 Å². The molecule has 2 unspecified atom stereocenters. The number of benzene rings is 2. The summed E-state index contributed by atoms with van der Waals surface area (Å²) in [6, 6.07) is 16.5. The van der Waals surface area contributed by atoms with E-state index in [-0.39, 0.29) is 30.1 Å². The van der Waals surface area contributed by atoms with Crippen LogP contribution in [-0.4, -0.2) is 51.9 Å². The Morgan fingerprint density at radius 3 is 2.77 bits per heavy atom. The minimum absolute atomic E-state index is 0. The second-order valence-electron chi connectivity index (χ2n) is 7.92. The van der Waals surface area contributed by atoms with Crippen molar-refractivity contribution in [3.05, 3.63) is 54.1 Å². The Morgan fingerprint density at radius 1 is 1.16 bits per heavy atom. The van der Waals surface area contributed by atoms with Crippen molar-refractivity contribution in [2.75, 3.05) is 44.7 Å². The first-order valence-corrected chi connectivity index (χ1v) is 10.9. The van der Waals surface area contributed by atoms with Crippen molar-refractivity contribution >= 4 is 35.6 Å². The quantitative estimate of drug-likeness (QED) is 0.321. The number of nitrogens with zero attached hydrogens (tertiary/aromatic N) is 2. The summed E-state index contributed by atoms with van der Waals surface area (Å²) in [5.74, 6) is 3.35. The molecule has 0 radical (unpaired) electrons. The zero-order chi connectivity index (χ0) is 20.8. The van der Waals surface area contributed by atoms with Crippen molar-refractivity contribution in [3.63, 3.8) is 0 Å². The maximum atomic E-state index is 6.03. The van der Waals surface area contributed by atoms with E-state index in [2.05, 4.69) is 46.7 Å². The molecule has 2 aliphatic heterocycles. The fourth-order valence-electron chi connectivity index (χ4n) is 4.23. The summed E-state index contributed by atoms with van der Waals surface area (Å²) in [7, 11) is 1.73. The van der Waals surface area contributed by atoms with Crippen molar-refractivity contribution in [2.45, 2.75) is 25.9 Å². The number of guanidine groups is 1. The normalized spacial score (nSPS) is 19.9. The number of anilines is 1. The smallest absolute Gasteiger partial charge is 0.191 e.